The highest BCUT2D eigenvalue weighted by Crippen LogP contribution is 2.23. The standard InChI is InChI=1S/C14H22ClNO2S/c1-14(2,3)13(9-10-15)16-19(17,18)11-12-7-5-4-6-8-12/h4-8,13,16H,9-11H2,1-3H3. The van der Waals surface area contributed by atoms with Gasteiger partial charge in [0, 0.05) is 11.9 Å². The van der Waals surface area contributed by atoms with Crippen molar-refractivity contribution in [2.24, 2.45) is 5.41 Å². The van der Waals surface area contributed by atoms with Crippen LogP contribution in [-0.4, -0.2) is 20.3 Å². The summed E-state index contributed by atoms with van der Waals surface area (Å²) in [5.74, 6) is 0.443. The van der Waals surface area contributed by atoms with E-state index in [-0.39, 0.29) is 17.2 Å². The van der Waals surface area contributed by atoms with Gasteiger partial charge in [-0.25, -0.2) is 13.1 Å². The van der Waals surface area contributed by atoms with Gasteiger partial charge in [0.1, 0.15) is 0 Å². The van der Waals surface area contributed by atoms with Gasteiger partial charge in [-0.15, -0.1) is 11.6 Å². The van der Waals surface area contributed by atoms with Crippen molar-refractivity contribution in [1.82, 2.24) is 4.72 Å². The first-order valence-corrected chi connectivity index (χ1v) is 8.53. The lowest BCUT2D eigenvalue weighted by molar-refractivity contribution is 0.292. The Morgan fingerprint density at radius 1 is 1.21 bits per heavy atom. The highest BCUT2D eigenvalue weighted by molar-refractivity contribution is 7.88. The van der Waals surface area contributed by atoms with Gasteiger partial charge >= 0.3 is 0 Å². The fraction of sp³-hybridized carbons (Fsp3) is 0.571. The summed E-state index contributed by atoms with van der Waals surface area (Å²) in [5.41, 5.74) is 0.632. The van der Waals surface area contributed by atoms with Crippen LogP contribution in [0.15, 0.2) is 30.3 Å². The molecule has 0 saturated carbocycles. The number of alkyl halides is 1. The van der Waals surface area contributed by atoms with E-state index in [1.165, 1.54) is 0 Å². The van der Waals surface area contributed by atoms with Crippen LogP contribution in [0.2, 0.25) is 0 Å². The van der Waals surface area contributed by atoms with E-state index in [0.29, 0.717) is 12.3 Å². The molecule has 1 rings (SSSR count). The van der Waals surface area contributed by atoms with Gasteiger partial charge in [-0.2, -0.15) is 0 Å². The molecule has 0 aliphatic heterocycles. The zero-order valence-electron chi connectivity index (χ0n) is 11.7. The van der Waals surface area contributed by atoms with Crippen molar-refractivity contribution in [3.05, 3.63) is 35.9 Å². The molecule has 0 spiro atoms. The smallest absolute Gasteiger partial charge is 0.212 e. The van der Waals surface area contributed by atoms with Crippen LogP contribution in [0.25, 0.3) is 0 Å². The Bertz CT molecular complexity index is 480. The van der Waals surface area contributed by atoms with E-state index in [0.717, 1.165) is 5.56 Å². The molecule has 0 bridgehead atoms. The Labute approximate surface area is 121 Å². The number of halogens is 1. The Morgan fingerprint density at radius 3 is 2.26 bits per heavy atom. The fourth-order valence-corrected chi connectivity index (χ4v) is 3.67. The van der Waals surface area contributed by atoms with Crippen LogP contribution in [-0.2, 0) is 15.8 Å². The zero-order valence-corrected chi connectivity index (χ0v) is 13.3. The number of sulfonamides is 1. The molecule has 0 saturated heterocycles. The van der Waals surface area contributed by atoms with Crippen molar-refractivity contribution < 1.29 is 8.42 Å². The molecule has 0 aliphatic rings. The third kappa shape index (κ3) is 5.93. The molecule has 1 atom stereocenters. The summed E-state index contributed by atoms with van der Waals surface area (Å²) in [5, 5.41) is 0. The predicted molar refractivity (Wildman–Crippen MR) is 80.8 cm³/mol. The van der Waals surface area contributed by atoms with Gasteiger partial charge in [0.2, 0.25) is 10.0 Å². The maximum Gasteiger partial charge on any atom is 0.216 e. The molecule has 0 aromatic heterocycles. The number of nitrogens with one attached hydrogen (secondary N) is 1. The lowest BCUT2D eigenvalue weighted by atomic mass is 9.86. The summed E-state index contributed by atoms with van der Waals surface area (Å²) < 4.78 is 27.1. The molecule has 0 fully saturated rings. The molecule has 0 heterocycles. The summed E-state index contributed by atoms with van der Waals surface area (Å²) in [4.78, 5) is 0. The van der Waals surface area contributed by atoms with Gasteiger partial charge in [-0.1, -0.05) is 51.1 Å². The lowest BCUT2D eigenvalue weighted by Crippen LogP contribution is -2.44. The van der Waals surface area contributed by atoms with Crippen LogP contribution in [0.1, 0.15) is 32.8 Å². The van der Waals surface area contributed by atoms with Crippen LogP contribution >= 0.6 is 11.6 Å². The van der Waals surface area contributed by atoms with Crippen LogP contribution in [0, 0.1) is 5.41 Å². The van der Waals surface area contributed by atoms with Crippen molar-refractivity contribution in [2.75, 3.05) is 5.88 Å². The van der Waals surface area contributed by atoms with E-state index in [1.807, 2.05) is 51.1 Å². The lowest BCUT2D eigenvalue weighted by Gasteiger charge is -2.30. The SMILES string of the molecule is CC(C)(C)C(CCCl)NS(=O)(=O)Cc1ccccc1. The van der Waals surface area contributed by atoms with E-state index in [1.54, 1.807) is 0 Å². The minimum Gasteiger partial charge on any atom is -0.212 e. The van der Waals surface area contributed by atoms with Gasteiger partial charge in [-0.05, 0) is 17.4 Å². The third-order valence-corrected chi connectivity index (χ3v) is 4.54. The number of rotatable bonds is 6. The average molecular weight is 304 g/mol. The molecule has 108 valence electrons. The van der Waals surface area contributed by atoms with Crippen molar-refractivity contribution in [2.45, 2.75) is 39.0 Å². The second-order valence-corrected chi connectivity index (χ2v) is 7.89. The van der Waals surface area contributed by atoms with Crippen molar-refractivity contribution >= 4 is 21.6 Å². The minimum absolute atomic E-state index is 0.00268. The molecule has 0 amide bonds. The second kappa shape index (κ2) is 6.73. The Hall–Kier alpha value is -0.580. The highest BCUT2D eigenvalue weighted by atomic mass is 35.5. The maximum atomic E-state index is 12.2. The summed E-state index contributed by atoms with van der Waals surface area (Å²) >= 11 is 5.76. The molecule has 1 unspecified atom stereocenters. The average Bonchev–Trinajstić information content (AvgIpc) is 2.27. The molecule has 1 aromatic carbocycles. The van der Waals surface area contributed by atoms with E-state index < -0.39 is 10.0 Å². The van der Waals surface area contributed by atoms with E-state index in [2.05, 4.69) is 4.72 Å². The molecular weight excluding hydrogens is 282 g/mol. The fourth-order valence-electron chi connectivity index (χ4n) is 1.83. The number of hydrogen-bond acceptors (Lipinski definition) is 2. The van der Waals surface area contributed by atoms with Gasteiger partial charge in [0.05, 0.1) is 5.75 Å². The normalized spacial score (nSPS) is 14.3. The van der Waals surface area contributed by atoms with E-state index in [9.17, 15) is 8.42 Å². The summed E-state index contributed by atoms with van der Waals surface area (Å²) in [6.07, 6.45) is 0.624. The molecule has 1 N–H and O–H groups in total. The molecule has 3 nitrogen and oxygen atoms in total. The molecule has 1 aromatic rings. The molecule has 0 radical (unpaired) electrons. The second-order valence-electron chi connectivity index (χ2n) is 5.76. The molecular formula is C14H22ClNO2S. The maximum absolute atomic E-state index is 12.2. The Morgan fingerprint density at radius 2 is 1.79 bits per heavy atom. The number of hydrogen-bond donors (Lipinski definition) is 1. The van der Waals surface area contributed by atoms with Gasteiger partial charge < -0.3 is 0 Å². The van der Waals surface area contributed by atoms with Gasteiger partial charge in [0.25, 0.3) is 0 Å². The highest BCUT2D eigenvalue weighted by Gasteiger charge is 2.28. The van der Waals surface area contributed by atoms with Crippen LogP contribution in [0.3, 0.4) is 0 Å². The van der Waals surface area contributed by atoms with Crippen LogP contribution in [0.5, 0.6) is 0 Å². The third-order valence-electron chi connectivity index (χ3n) is 2.96. The summed E-state index contributed by atoms with van der Waals surface area (Å²) in [6.45, 7) is 6.03. The first kappa shape index (κ1) is 16.5. The van der Waals surface area contributed by atoms with Crippen LogP contribution in [0.4, 0.5) is 0 Å². The predicted octanol–water partition coefficient (Wildman–Crippen LogP) is 3.15. The molecule has 19 heavy (non-hydrogen) atoms. The zero-order chi connectivity index (χ0) is 14.5. The van der Waals surface area contributed by atoms with Crippen molar-refractivity contribution in [1.29, 1.82) is 0 Å². The Balaban J connectivity index is 2.77. The quantitative estimate of drug-likeness (QED) is 0.821. The summed E-state index contributed by atoms with van der Waals surface area (Å²) in [6, 6.07) is 9.02. The Kier molecular flexibility index (Phi) is 5.83. The summed E-state index contributed by atoms with van der Waals surface area (Å²) in [7, 11) is -3.35. The molecule has 0 aliphatic carbocycles. The number of benzene rings is 1. The molecule has 5 heteroatoms. The van der Waals surface area contributed by atoms with Crippen molar-refractivity contribution in [3.63, 3.8) is 0 Å². The van der Waals surface area contributed by atoms with Gasteiger partial charge in [-0.3, -0.25) is 0 Å². The van der Waals surface area contributed by atoms with Crippen LogP contribution < -0.4 is 4.72 Å². The topological polar surface area (TPSA) is 46.2 Å². The first-order valence-electron chi connectivity index (χ1n) is 6.34. The minimum atomic E-state index is -3.35. The van der Waals surface area contributed by atoms with Gasteiger partial charge in [0.15, 0.2) is 0 Å². The monoisotopic (exact) mass is 303 g/mol. The first-order chi connectivity index (χ1) is 8.74. The van der Waals surface area contributed by atoms with E-state index >= 15 is 0 Å². The van der Waals surface area contributed by atoms with Crippen molar-refractivity contribution in [3.8, 4) is 0 Å². The largest absolute Gasteiger partial charge is 0.216 e. The van der Waals surface area contributed by atoms with E-state index in [4.69, 9.17) is 11.6 Å².